The van der Waals surface area contributed by atoms with Gasteiger partial charge in [0, 0.05) is 11.1 Å². The summed E-state index contributed by atoms with van der Waals surface area (Å²) >= 11 is 0. The monoisotopic (exact) mass is 198 g/mol. The molecule has 0 bridgehead atoms. The standard InChI is InChI=1S/C14H14O/c1-4-5-8-12(3)14(15)13-9-6-7-11(2)10-13/h4-10H,1,3H2,2H3/b8-5-. The molecule has 0 aliphatic heterocycles. The van der Waals surface area contributed by atoms with Crippen molar-refractivity contribution in [1.82, 2.24) is 0 Å². The third-order valence-corrected chi connectivity index (χ3v) is 2.01. The molecule has 0 aliphatic carbocycles. The number of hydrogen-bond acceptors (Lipinski definition) is 1. The first-order valence-electron chi connectivity index (χ1n) is 4.74. The molecule has 1 rings (SSSR count). The number of ketones is 1. The molecular weight excluding hydrogens is 184 g/mol. The van der Waals surface area contributed by atoms with Crippen molar-refractivity contribution in [2.45, 2.75) is 6.92 Å². The summed E-state index contributed by atoms with van der Waals surface area (Å²) in [6.45, 7) is 9.21. The van der Waals surface area contributed by atoms with E-state index in [1.54, 1.807) is 24.3 Å². The maximum absolute atomic E-state index is 11.8. The lowest BCUT2D eigenvalue weighted by Crippen LogP contribution is -2.00. The minimum atomic E-state index is -0.0446. The van der Waals surface area contributed by atoms with Gasteiger partial charge in [-0.25, -0.2) is 0 Å². The van der Waals surface area contributed by atoms with Gasteiger partial charge in [-0.15, -0.1) is 0 Å². The average Bonchev–Trinajstić information content (AvgIpc) is 2.24. The Morgan fingerprint density at radius 1 is 1.40 bits per heavy atom. The van der Waals surface area contributed by atoms with Crippen LogP contribution in [0.1, 0.15) is 15.9 Å². The average molecular weight is 198 g/mol. The van der Waals surface area contributed by atoms with Gasteiger partial charge in [0.1, 0.15) is 0 Å². The Hall–Kier alpha value is -1.89. The van der Waals surface area contributed by atoms with Gasteiger partial charge in [-0.2, -0.15) is 0 Å². The van der Waals surface area contributed by atoms with Crippen molar-refractivity contribution in [2.75, 3.05) is 0 Å². The number of carbonyl (C=O) groups excluding carboxylic acids is 1. The maximum atomic E-state index is 11.8. The van der Waals surface area contributed by atoms with E-state index in [1.165, 1.54) is 0 Å². The first-order chi connectivity index (χ1) is 7.15. The van der Waals surface area contributed by atoms with Crippen molar-refractivity contribution in [3.63, 3.8) is 0 Å². The molecule has 1 nitrogen and oxygen atoms in total. The molecule has 76 valence electrons. The van der Waals surface area contributed by atoms with Crippen molar-refractivity contribution in [3.05, 3.63) is 72.4 Å². The predicted octanol–water partition coefficient (Wildman–Crippen LogP) is 3.48. The summed E-state index contributed by atoms with van der Waals surface area (Å²) in [6, 6.07) is 7.48. The molecule has 1 aromatic carbocycles. The zero-order valence-corrected chi connectivity index (χ0v) is 8.86. The summed E-state index contributed by atoms with van der Waals surface area (Å²) in [7, 11) is 0. The lowest BCUT2D eigenvalue weighted by Gasteiger charge is -2.01. The van der Waals surface area contributed by atoms with E-state index < -0.39 is 0 Å². The van der Waals surface area contributed by atoms with Crippen molar-refractivity contribution in [1.29, 1.82) is 0 Å². The largest absolute Gasteiger partial charge is 0.289 e. The highest BCUT2D eigenvalue weighted by molar-refractivity contribution is 6.10. The van der Waals surface area contributed by atoms with Gasteiger partial charge in [0.2, 0.25) is 0 Å². The van der Waals surface area contributed by atoms with Gasteiger partial charge in [0.25, 0.3) is 0 Å². The molecule has 0 aliphatic rings. The van der Waals surface area contributed by atoms with Gasteiger partial charge in [0.15, 0.2) is 5.78 Å². The van der Waals surface area contributed by atoms with Crippen LogP contribution in [-0.2, 0) is 0 Å². The molecule has 1 heteroatoms. The van der Waals surface area contributed by atoms with Crippen LogP contribution in [0.5, 0.6) is 0 Å². The summed E-state index contributed by atoms with van der Waals surface area (Å²) in [5.41, 5.74) is 2.22. The molecule has 0 heterocycles. The van der Waals surface area contributed by atoms with E-state index in [2.05, 4.69) is 13.2 Å². The summed E-state index contributed by atoms with van der Waals surface area (Å²) < 4.78 is 0. The third-order valence-electron chi connectivity index (χ3n) is 2.01. The van der Waals surface area contributed by atoms with Crippen LogP contribution in [0, 0.1) is 6.92 Å². The van der Waals surface area contributed by atoms with Gasteiger partial charge >= 0.3 is 0 Å². The maximum Gasteiger partial charge on any atom is 0.192 e. The van der Waals surface area contributed by atoms with Gasteiger partial charge in [-0.05, 0) is 13.0 Å². The van der Waals surface area contributed by atoms with Crippen molar-refractivity contribution < 1.29 is 4.79 Å². The van der Waals surface area contributed by atoms with Crippen LogP contribution in [0.25, 0.3) is 0 Å². The Labute approximate surface area is 90.4 Å². The Bertz CT molecular complexity index is 425. The fraction of sp³-hybridized carbons (Fsp3) is 0.0714. The molecule has 0 aromatic heterocycles. The number of aryl methyl sites for hydroxylation is 1. The smallest absolute Gasteiger partial charge is 0.192 e. The summed E-state index contributed by atoms with van der Waals surface area (Å²) in [4.78, 5) is 11.8. The molecule has 15 heavy (non-hydrogen) atoms. The van der Waals surface area contributed by atoms with Crippen molar-refractivity contribution in [2.24, 2.45) is 0 Å². The number of Topliss-reactive ketones (excluding diaryl/α,β-unsaturated/α-hetero) is 1. The zero-order chi connectivity index (χ0) is 11.3. The SMILES string of the molecule is C=C/C=C\C(=C)C(=O)c1cccc(C)c1. The minimum absolute atomic E-state index is 0.0446. The highest BCUT2D eigenvalue weighted by atomic mass is 16.1. The van der Waals surface area contributed by atoms with E-state index in [0.717, 1.165) is 5.56 Å². The molecule has 0 fully saturated rings. The van der Waals surface area contributed by atoms with Gasteiger partial charge in [-0.1, -0.05) is 55.1 Å². The second-order valence-corrected chi connectivity index (χ2v) is 3.32. The fourth-order valence-corrected chi connectivity index (χ4v) is 1.23. The summed E-state index contributed by atoms with van der Waals surface area (Å²) in [5, 5.41) is 0. The van der Waals surface area contributed by atoms with Crippen LogP contribution in [0.3, 0.4) is 0 Å². The van der Waals surface area contributed by atoms with Gasteiger partial charge < -0.3 is 0 Å². The zero-order valence-electron chi connectivity index (χ0n) is 8.86. The normalized spacial score (nSPS) is 10.2. The molecule has 1 aromatic rings. The molecule has 0 radical (unpaired) electrons. The van der Waals surface area contributed by atoms with E-state index in [0.29, 0.717) is 11.1 Å². The number of hydrogen-bond donors (Lipinski definition) is 0. The quantitative estimate of drug-likeness (QED) is 0.411. The molecule has 0 amide bonds. The first-order valence-corrected chi connectivity index (χ1v) is 4.74. The van der Waals surface area contributed by atoms with Crippen molar-refractivity contribution in [3.8, 4) is 0 Å². The highest BCUT2D eigenvalue weighted by Gasteiger charge is 2.06. The predicted molar refractivity (Wildman–Crippen MR) is 64.0 cm³/mol. The first kappa shape index (κ1) is 11.2. The molecule has 0 saturated carbocycles. The second-order valence-electron chi connectivity index (χ2n) is 3.32. The van der Waals surface area contributed by atoms with E-state index in [4.69, 9.17) is 0 Å². The highest BCUT2D eigenvalue weighted by Crippen LogP contribution is 2.10. The van der Waals surface area contributed by atoms with Crippen LogP contribution in [-0.4, -0.2) is 5.78 Å². The molecule has 0 spiro atoms. The molecule has 0 atom stereocenters. The molecular formula is C14H14O. The van der Waals surface area contributed by atoms with Crippen LogP contribution in [0.2, 0.25) is 0 Å². The number of carbonyl (C=O) groups is 1. The molecule has 0 unspecified atom stereocenters. The Kier molecular flexibility index (Phi) is 3.81. The molecule has 0 saturated heterocycles. The minimum Gasteiger partial charge on any atom is -0.289 e. The lowest BCUT2D eigenvalue weighted by atomic mass is 10.0. The molecule has 0 N–H and O–H groups in total. The lowest BCUT2D eigenvalue weighted by molar-refractivity contribution is 0.103. The Morgan fingerprint density at radius 3 is 2.73 bits per heavy atom. The summed E-state index contributed by atoms with van der Waals surface area (Å²) in [5.74, 6) is -0.0446. The summed E-state index contributed by atoms with van der Waals surface area (Å²) in [6.07, 6.45) is 4.99. The number of rotatable bonds is 4. The van der Waals surface area contributed by atoms with Crippen LogP contribution in [0.15, 0.2) is 61.2 Å². The van der Waals surface area contributed by atoms with Crippen LogP contribution in [0.4, 0.5) is 0 Å². The fourth-order valence-electron chi connectivity index (χ4n) is 1.23. The Balaban J connectivity index is 2.90. The van der Waals surface area contributed by atoms with E-state index in [-0.39, 0.29) is 5.78 Å². The van der Waals surface area contributed by atoms with Crippen molar-refractivity contribution >= 4 is 5.78 Å². The van der Waals surface area contributed by atoms with Gasteiger partial charge in [0.05, 0.1) is 0 Å². The number of benzene rings is 1. The number of allylic oxidation sites excluding steroid dienone is 4. The van der Waals surface area contributed by atoms with E-state index in [1.807, 2.05) is 25.1 Å². The third kappa shape index (κ3) is 3.06. The van der Waals surface area contributed by atoms with Crippen LogP contribution < -0.4 is 0 Å². The second kappa shape index (κ2) is 5.11. The Morgan fingerprint density at radius 2 is 2.13 bits per heavy atom. The van der Waals surface area contributed by atoms with E-state index in [9.17, 15) is 4.79 Å². The van der Waals surface area contributed by atoms with Crippen LogP contribution >= 0.6 is 0 Å². The van der Waals surface area contributed by atoms with Gasteiger partial charge in [-0.3, -0.25) is 4.79 Å². The topological polar surface area (TPSA) is 17.1 Å². The van der Waals surface area contributed by atoms with E-state index >= 15 is 0 Å².